The van der Waals surface area contributed by atoms with Crippen LogP contribution in [0.4, 0.5) is 0 Å². The fourth-order valence-corrected chi connectivity index (χ4v) is 2.27. The zero-order chi connectivity index (χ0) is 10.8. The van der Waals surface area contributed by atoms with Crippen molar-refractivity contribution in [2.75, 3.05) is 0 Å². The Balaban J connectivity index is 2.27. The van der Waals surface area contributed by atoms with E-state index in [9.17, 15) is 0 Å². The minimum absolute atomic E-state index is 0.540. The second kappa shape index (κ2) is 4.14. The molecule has 0 aliphatic carbocycles. The van der Waals surface area contributed by atoms with E-state index in [1.807, 2.05) is 19.3 Å². The molecule has 0 amide bonds. The van der Waals surface area contributed by atoms with Gasteiger partial charge in [-0.1, -0.05) is 13.8 Å². The lowest BCUT2D eigenvalue weighted by Crippen LogP contribution is -1.91. The molecular formula is C11H15N3S. The first-order valence-corrected chi connectivity index (χ1v) is 6.04. The first-order valence-electron chi connectivity index (χ1n) is 5.16. The van der Waals surface area contributed by atoms with Gasteiger partial charge < -0.3 is 0 Å². The molecule has 0 N–H and O–H groups in total. The van der Waals surface area contributed by atoms with Crippen molar-refractivity contribution in [1.82, 2.24) is 14.8 Å². The Morgan fingerprint density at radius 1 is 1.53 bits per heavy atom. The molecule has 0 bridgehead atoms. The zero-order valence-corrected chi connectivity index (χ0v) is 10.1. The predicted molar refractivity (Wildman–Crippen MR) is 63.0 cm³/mol. The van der Waals surface area contributed by atoms with Crippen molar-refractivity contribution in [3.8, 4) is 10.7 Å². The van der Waals surface area contributed by atoms with Crippen LogP contribution in [0.25, 0.3) is 10.7 Å². The number of thiazole rings is 1. The number of aryl methyl sites for hydroxylation is 1. The summed E-state index contributed by atoms with van der Waals surface area (Å²) in [5.41, 5.74) is 2.15. The number of nitrogens with zero attached hydrogens (tertiary/aromatic N) is 3. The standard InChI is InChI=1S/C11H15N3S/c1-4-8(2)10-7-15-11(12-10)9-5-6-14(3)13-9/h5-8H,4H2,1-3H3. The molecule has 1 atom stereocenters. The second-order valence-corrected chi connectivity index (χ2v) is 4.62. The van der Waals surface area contributed by atoms with Crippen molar-refractivity contribution < 1.29 is 0 Å². The van der Waals surface area contributed by atoms with Crippen molar-refractivity contribution in [1.29, 1.82) is 0 Å². The third kappa shape index (κ3) is 2.09. The van der Waals surface area contributed by atoms with Gasteiger partial charge in [0.05, 0.1) is 5.69 Å². The quantitative estimate of drug-likeness (QED) is 0.797. The molecule has 0 aromatic carbocycles. The Morgan fingerprint density at radius 2 is 2.33 bits per heavy atom. The smallest absolute Gasteiger partial charge is 0.144 e. The lowest BCUT2D eigenvalue weighted by molar-refractivity contribution is 0.713. The second-order valence-electron chi connectivity index (χ2n) is 3.76. The van der Waals surface area contributed by atoms with Gasteiger partial charge in [0.1, 0.15) is 10.7 Å². The van der Waals surface area contributed by atoms with Gasteiger partial charge >= 0.3 is 0 Å². The molecule has 0 saturated carbocycles. The van der Waals surface area contributed by atoms with Gasteiger partial charge in [0.15, 0.2) is 0 Å². The van der Waals surface area contributed by atoms with Crippen molar-refractivity contribution in [2.24, 2.45) is 7.05 Å². The molecule has 0 fully saturated rings. The summed E-state index contributed by atoms with van der Waals surface area (Å²) in [5.74, 6) is 0.540. The third-order valence-corrected chi connectivity index (χ3v) is 3.45. The molecular weight excluding hydrogens is 206 g/mol. The molecule has 2 heterocycles. The number of hydrogen-bond acceptors (Lipinski definition) is 3. The number of hydrogen-bond donors (Lipinski definition) is 0. The summed E-state index contributed by atoms with van der Waals surface area (Å²) >= 11 is 1.67. The summed E-state index contributed by atoms with van der Waals surface area (Å²) in [4.78, 5) is 4.61. The van der Waals surface area contributed by atoms with Crippen LogP contribution >= 0.6 is 11.3 Å². The molecule has 1 unspecified atom stereocenters. The van der Waals surface area contributed by atoms with Gasteiger partial charge in [-0.25, -0.2) is 4.98 Å². The van der Waals surface area contributed by atoms with E-state index in [0.717, 1.165) is 17.1 Å². The van der Waals surface area contributed by atoms with E-state index in [-0.39, 0.29) is 0 Å². The van der Waals surface area contributed by atoms with Gasteiger partial charge in [-0.3, -0.25) is 4.68 Å². The maximum Gasteiger partial charge on any atom is 0.144 e. The van der Waals surface area contributed by atoms with E-state index in [1.54, 1.807) is 16.0 Å². The van der Waals surface area contributed by atoms with E-state index in [0.29, 0.717) is 5.92 Å². The van der Waals surface area contributed by atoms with E-state index >= 15 is 0 Å². The molecule has 4 heteroatoms. The molecule has 2 rings (SSSR count). The van der Waals surface area contributed by atoms with Gasteiger partial charge in [-0.05, 0) is 18.4 Å². The molecule has 0 radical (unpaired) electrons. The third-order valence-electron chi connectivity index (χ3n) is 2.57. The van der Waals surface area contributed by atoms with Crippen molar-refractivity contribution in [3.63, 3.8) is 0 Å². The van der Waals surface area contributed by atoms with Gasteiger partial charge in [0, 0.05) is 18.6 Å². The lowest BCUT2D eigenvalue weighted by atomic mass is 10.1. The first-order chi connectivity index (χ1) is 7.20. The highest BCUT2D eigenvalue weighted by molar-refractivity contribution is 7.13. The van der Waals surface area contributed by atoms with Crippen LogP contribution < -0.4 is 0 Å². The number of aromatic nitrogens is 3. The Bertz CT molecular complexity index is 444. The highest BCUT2D eigenvalue weighted by Gasteiger charge is 2.10. The number of rotatable bonds is 3. The first kappa shape index (κ1) is 10.4. The molecule has 2 aromatic heterocycles. The SMILES string of the molecule is CCC(C)c1csc(-c2ccn(C)n2)n1. The Labute approximate surface area is 93.8 Å². The maximum atomic E-state index is 4.61. The molecule has 80 valence electrons. The van der Waals surface area contributed by atoms with Crippen LogP contribution in [0.5, 0.6) is 0 Å². The average molecular weight is 221 g/mol. The highest BCUT2D eigenvalue weighted by Crippen LogP contribution is 2.26. The predicted octanol–water partition coefficient (Wildman–Crippen LogP) is 3.06. The van der Waals surface area contributed by atoms with Gasteiger partial charge in [-0.15, -0.1) is 11.3 Å². The van der Waals surface area contributed by atoms with Crippen LogP contribution in [-0.4, -0.2) is 14.8 Å². The van der Waals surface area contributed by atoms with Crippen LogP contribution in [0, 0.1) is 0 Å². The minimum Gasteiger partial charge on any atom is -0.275 e. The van der Waals surface area contributed by atoms with E-state index in [1.165, 1.54) is 5.69 Å². The largest absolute Gasteiger partial charge is 0.275 e. The van der Waals surface area contributed by atoms with Crippen LogP contribution in [0.2, 0.25) is 0 Å². The highest BCUT2D eigenvalue weighted by atomic mass is 32.1. The van der Waals surface area contributed by atoms with Gasteiger partial charge in [-0.2, -0.15) is 5.10 Å². The van der Waals surface area contributed by atoms with Gasteiger partial charge in [0.2, 0.25) is 0 Å². The summed E-state index contributed by atoms with van der Waals surface area (Å²) in [6.07, 6.45) is 3.07. The Hall–Kier alpha value is -1.16. The van der Waals surface area contributed by atoms with E-state index < -0.39 is 0 Å². The Morgan fingerprint density at radius 3 is 2.93 bits per heavy atom. The fourth-order valence-electron chi connectivity index (χ4n) is 1.37. The molecule has 0 spiro atoms. The molecule has 3 nitrogen and oxygen atoms in total. The van der Waals surface area contributed by atoms with E-state index in [4.69, 9.17) is 0 Å². The fraction of sp³-hybridized carbons (Fsp3) is 0.455. The summed E-state index contributed by atoms with van der Waals surface area (Å²) in [5, 5.41) is 7.50. The molecule has 2 aromatic rings. The van der Waals surface area contributed by atoms with Crippen molar-refractivity contribution in [3.05, 3.63) is 23.3 Å². The summed E-state index contributed by atoms with van der Waals surface area (Å²) in [7, 11) is 1.92. The zero-order valence-electron chi connectivity index (χ0n) is 9.27. The lowest BCUT2D eigenvalue weighted by Gasteiger charge is -2.01. The topological polar surface area (TPSA) is 30.7 Å². The van der Waals surface area contributed by atoms with Crippen molar-refractivity contribution in [2.45, 2.75) is 26.2 Å². The van der Waals surface area contributed by atoms with Crippen LogP contribution in [0.15, 0.2) is 17.6 Å². The van der Waals surface area contributed by atoms with Crippen molar-refractivity contribution >= 4 is 11.3 Å². The Kier molecular flexibility index (Phi) is 2.86. The summed E-state index contributed by atoms with van der Waals surface area (Å²) in [6, 6.07) is 2.00. The molecule has 0 saturated heterocycles. The molecule has 0 aliphatic rings. The van der Waals surface area contributed by atoms with E-state index in [2.05, 4.69) is 29.3 Å². The normalized spacial score (nSPS) is 13.0. The average Bonchev–Trinajstić information content (AvgIpc) is 2.84. The monoisotopic (exact) mass is 221 g/mol. The summed E-state index contributed by atoms with van der Waals surface area (Å²) in [6.45, 7) is 4.39. The minimum atomic E-state index is 0.540. The van der Waals surface area contributed by atoms with Crippen LogP contribution in [0.1, 0.15) is 31.9 Å². The van der Waals surface area contributed by atoms with Crippen LogP contribution in [-0.2, 0) is 7.05 Å². The summed E-state index contributed by atoms with van der Waals surface area (Å²) < 4.78 is 1.81. The van der Waals surface area contributed by atoms with Gasteiger partial charge in [0.25, 0.3) is 0 Å². The maximum absolute atomic E-state index is 4.61. The molecule has 15 heavy (non-hydrogen) atoms. The molecule has 0 aliphatic heterocycles. The van der Waals surface area contributed by atoms with Crippen LogP contribution in [0.3, 0.4) is 0 Å².